The van der Waals surface area contributed by atoms with E-state index < -0.39 is 22.0 Å². The summed E-state index contributed by atoms with van der Waals surface area (Å²) in [5.41, 5.74) is 2.43. The van der Waals surface area contributed by atoms with E-state index >= 15 is 0 Å². The average molecular weight is 470 g/mol. The van der Waals surface area contributed by atoms with Crippen molar-refractivity contribution in [2.24, 2.45) is 5.10 Å². The molecule has 10 heteroatoms. The van der Waals surface area contributed by atoms with Gasteiger partial charge in [0, 0.05) is 17.7 Å². The number of benzene rings is 2. The minimum Gasteiger partial charge on any atom is -0.497 e. The summed E-state index contributed by atoms with van der Waals surface area (Å²) in [6.45, 7) is 0. The van der Waals surface area contributed by atoms with Crippen LogP contribution < -0.4 is 14.2 Å². The third-order valence-corrected chi connectivity index (χ3v) is 5.75. The third kappa shape index (κ3) is 4.85. The van der Waals surface area contributed by atoms with Gasteiger partial charge >= 0.3 is 5.91 Å². The van der Waals surface area contributed by atoms with Crippen molar-refractivity contribution in [3.63, 3.8) is 0 Å². The predicted molar refractivity (Wildman–Crippen MR) is 123 cm³/mol. The van der Waals surface area contributed by atoms with E-state index in [2.05, 4.69) is 9.82 Å². The maximum absolute atomic E-state index is 13.2. The Morgan fingerprint density at radius 1 is 1.12 bits per heavy atom. The first-order chi connectivity index (χ1) is 15.8. The van der Waals surface area contributed by atoms with Gasteiger partial charge in [0.1, 0.15) is 11.5 Å². The summed E-state index contributed by atoms with van der Waals surface area (Å²) in [5.74, 6) is 0.945. The number of sulfonamides is 1. The van der Waals surface area contributed by atoms with Crippen LogP contribution in [-0.2, 0) is 10.0 Å². The largest absolute Gasteiger partial charge is 0.497 e. The topological polar surface area (TPSA) is 110 Å². The maximum atomic E-state index is 13.2. The second kappa shape index (κ2) is 8.99. The molecule has 0 radical (unpaired) electrons. The Kier molecular flexibility index (Phi) is 6.10. The molecule has 2 heterocycles. The molecule has 1 aliphatic rings. The lowest BCUT2D eigenvalue weighted by molar-refractivity contribution is 0.0676. The predicted octanol–water partition coefficient (Wildman–Crippen LogP) is 3.66. The fourth-order valence-electron chi connectivity index (χ4n) is 3.70. The minimum absolute atomic E-state index is 0.152. The summed E-state index contributed by atoms with van der Waals surface area (Å²) in [4.78, 5) is 13.2. The van der Waals surface area contributed by atoms with Crippen LogP contribution in [0.15, 0.2) is 70.4 Å². The van der Waals surface area contributed by atoms with Crippen LogP contribution in [0.1, 0.15) is 34.1 Å². The van der Waals surface area contributed by atoms with Crippen LogP contribution in [0.2, 0.25) is 0 Å². The molecule has 172 valence electrons. The molecule has 1 aromatic heterocycles. The molecule has 0 saturated heterocycles. The molecule has 2 aromatic carbocycles. The van der Waals surface area contributed by atoms with E-state index in [-0.39, 0.29) is 5.76 Å². The minimum atomic E-state index is -3.44. The van der Waals surface area contributed by atoms with E-state index in [1.807, 2.05) is 12.1 Å². The third-order valence-electron chi connectivity index (χ3n) is 5.15. The highest BCUT2D eigenvalue weighted by molar-refractivity contribution is 7.92. The van der Waals surface area contributed by atoms with Gasteiger partial charge in [0.15, 0.2) is 5.76 Å². The van der Waals surface area contributed by atoms with Crippen LogP contribution in [0.25, 0.3) is 0 Å². The standard InChI is InChI=1S/C23H23N3O6S/c1-30-17-9-10-21(31-2)18(13-17)20-14-19(24-26(20)23(27)22-8-5-11-32-22)15-6-4-7-16(12-15)25-33(3,28)29/h4-13,20,25H,14H2,1-3H3. The highest BCUT2D eigenvalue weighted by atomic mass is 32.2. The fourth-order valence-corrected chi connectivity index (χ4v) is 4.26. The normalized spacial score (nSPS) is 15.8. The zero-order valence-corrected chi connectivity index (χ0v) is 19.1. The summed E-state index contributed by atoms with van der Waals surface area (Å²) in [5, 5.41) is 5.97. The van der Waals surface area contributed by atoms with Gasteiger partial charge in [0.2, 0.25) is 10.0 Å². The van der Waals surface area contributed by atoms with Gasteiger partial charge in [0.25, 0.3) is 0 Å². The van der Waals surface area contributed by atoms with Crippen molar-refractivity contribution >= 4 is 27.3 Å². The van der Waals surface area contributed by atoms with Crippen LogP contribution in [-0.4, -0.2) is 45.5 Å². The monoisotopic (exact) mass is 469 g/mol. The lowest BCUT2D eigenvalue weighted by atomic mass is 9.97. The number of furan rings is 1. The summed E-state index contributed by atoms with van der Waals surface area (Å²) in [6.07, 6.45) is 2.88. The van der Waals surface area contributed by atoms with Crippen molar-refractivity contribution in [3.8, 4) is 11.5 Å². The van der Waals surface area contributed by atoms with E-state index in [4.69, 9.17) is 13.9 Å². The van der Waals surface area contributed by atoms with Crippen molar-refractivity contribution in [2.75, 3.05) is 25.2 Å². The van der Waals surface area contributed by atoms with E-state index in [1.54, 1.807) is 56.7 Å². The maximum Gasteiger partial charge on any atom is 0.310 e. The number of carbonyl (C=O) groups excluding carboxylic acids is 1. The molecule has 9 nitrogen and oxygen atoms in total. The summed E-state index contributed by atoms with van der Waals surface area (Å²) in [7, 11) is -0.319. The number of amides is 1. The molecule has 1 aliphatic heterocycles. The van der Waals surface area contributed by atoms with Crippen molar-refractivity contribution in [1.29, 1.82) is 0 Å². The highest BCUT2D eigenvalue weighted by Crippen LogP contribution is 2.40. The van der Waals surface area contributed by atoms with Crippen LogP contribution in [0.5, 0.6) is 11.5 Å². The molecule has 1 unspecified atom stereocenters. The van der Waals surface area contributed by atoms with Crippen LogP contribution in [0.4, 0.5) is 5.69 Å². The zero-order valence-electron chi connectivity index (χ0n) is 18.3. The number of ether oxygens (including phenoxy) is 2. The van der Waals surface area contributed by atoms with Crippen LogP contribution in [0.3, 0.4) is 0 Å². The number of rotatable bonds is 7. The molecule has 3 aromatic rings. The molecule has 4 rings (SSSR count). The summed E-state index contributed by atoms with van der Waals surface area (Å²) in [6, 6.07) is 14.9. The first kappa shape index (κ1) is 22.4. The summed E-state index contributed by atoms with van der Waals surface area (Å²) < 4.78 is 42.0. The van der Waals surface area contributed by atoms with Crippen LogP contribution >= 0.6 is 0 Å². The van der Waals surface area contributed by atoms with Gasteiger partial charge in [0.05, 0.1) is 38.5 Å². The Morgan fingerprint density at radius 3 is 2.61 bits per heavy atom. The van der Waals surface area contributed by atoms with E-state index in [0.29, 0.717) is 34.9 Å². The quantitative estimate of drug-likeness (QED) is 0.565. The molecule has 33 heavy (non-hydrogen) atoms. The molecule has 0 saturated carbocycles. The molecule has 0 bridgehead atoms. The molecule has 0 aliphatic carbocycles. The molecule has 1 N–H and O–H groups in total. The van der Waals surface area contributed by atoms with Gasteiger partial charge in [-0.15, -0.1) is 0 Å². The molecule has 0 spiro atoms. The number of hydrogen-bond acceptors (Lipinski definition) is 7. The number of anilines is 1. The number of nitrogens with zero attached hydrogens (tertiary/aromatic N) is 2. The van der Waals surface area contributed by atoms with Crippen LogP contribution in [0, 0.1) is 0 Å². The second-order valence-corrected chi connectivity index (χ2v) is 9.21. The van der Waals surface area contributed by atoms with Gasteiger partial charge in [-0.05, 0) is 48.0 Å². The zero-order chi connectivity index (χ0) is 23.6. The van der Waals surface area contributed by atoms with E-state index in [9.17, 15) is 13.2 Å². The number of hydrogen-bond donors (Lipinski definition) is 1. The van der Waals surface area contributed by atoms with Gasteiger partial charge in [-0.3, -0.25) is 9.52 Å². The number of nitrogens with one attached hydrogen (secondary N) is 1. The highest BCUT2D eigenvalue weighted by Gasteiger charge is 2.36. The van der Waals surface area contributed by atoms with E-state index in [1.165, 1.54) is 11.3 Å². The van der Waals surface area contributed by atoms with Gasteiger partial charge in [-0.25, -0.2) is 13.4 Å². The first-order valence-corrected chi connectivity index (χ1v) is 11.9. The molecule has 1 amide bonds. The number of methoxy groups -OCH3 is 2. The van der Waals surface area contributed by atoms with E-state index in [0.717, 1.165) is 11.8 Å². The average Bonchev–Trinajstić information content (AvgIpc) is 3.48. The molecular weight excluding hydrogens is 446 g/mol. The van der Waals surface area contributed by atoms with Crippen molar-refractivity contribution in [3.05, 3.63) is 77.7 Å². The Hall–Kier alpha value is -3.79. The lowest BCUT2D eigenvalue weighted by Gasteiger charge is -2.23. The number of hydrazone groups is 1. The lowest BCUT2D eigenvalue weighted by Crippen LogP contribution is -2.27. The number of carbonyl (C=O) groups is 1. The van der Waals surface area contributed by atoms with Crippen molar-refractivity contribution in [2.45, 2.75) is 12.5 Å². The molecule has 1 atom stereocenters. The Bertz CT molecular complexity index is 1300. The first-order valence-electron chi connectivity index (χ1n) is 10.0. The smallest absolute Gasteiger partial charge is 0.310 e. The Labute approximate surface area is 191 Å². The van der Waals surface area contributed by atoms with Gasteiger partial charge in [-0.1, -0.05) is 12.1 Å². The Balaban J connectivity index is 1.77. The van der Waals surface area contributed by atoms with Crippen molar-refractivity contribution in [1.82, 2.24) is 5.01 Å². The van der Waals surface area contributed by atoms with Gasteiger partial charge < -0.3 is 13.9 Å². The van der Waals surface area contributed by atoms with Gasteiger partial charge in [-0.2, -0.15) is 5.10 Å². The molecular formula is C23H23N3O6S. The second-order valence-electron chi connectivity index (χ2n) is 7.46. The summed E-state index contributed by atoms with van der Waals surface area (Å²) >= 11 is 0. The fraction of sp³-hybridized carbons (Fsp3) is 0.217. The molecule has 0 fully saturated rings. The SMILES string of the molecule is COc1ccc(OC)c(C2CC(c3cccc(NS(C)(=O)=O)c3)=NN2C(=O)c2ccco2)c1. The Morgan fingerprint density at radius 2 is 1.94 bits per heavy atom. The van der Waals surface area contributed by atoms with Crippen molar-refractivity contribution < 1.29 is 27.1 Å².